The van der Waals surface area contributed by atoms with Crippen molar-refractivity contribution in [3.8, 4) is 0 Å². The highest BCUT2D eigenvalue weighted by atomic mass is 35.5. The van der Waals surface area contributed by atoms with Crippen LogP contribution in [0, 0.1) is 0 Å². The molecule has 2 aromatic carbocycles. The maximum absolute atomic E-state index is 12.8. The number of aromatic nitrogens is 2. The highest BCUT2D eigenvalue weighted by Gasteiger charge is 2.23. The molecular weight excluding hydrogens is 427 g/mol. The lowest BCUT2D eigenvalue weighted by Crippen LogP contribution is -2.35. The second-order valence-electron chi connectivity index (χ2n) is 6.91. The van der Waals surface area contributed by atoms with Crippen molar-refractivity contribution in [3.05, 3.63) is 75.5 Å². The monoisotopic (exact) mass is 446 g/mol. The van der Waals surface area contributed by atoms with Crippen molar-refractivity contribution in [1.29, 1.82) is 0 Å². The van der Waals surface area contributed by atoms with Gasteiger partial charge in [-0.05, 0) is 36.2 Å². The van der Waals surface area contributed by atoms with Gasteiger partial charge in [-0.15, -0.1) is 0 Å². The smallest absolute Gasteiger partial charge is 0.255 e. The summed E-state index contributed by atoms with van der Waals surface area (Å²) in [4.78, 5) is 21.6. The maximum atomic E-state index is 12.8. The first-order chi connectivity index (χ1) is 14.1. The minimum atomic E-state index is -0.0156. The lowest BCUT2D eigenvalue weighted by atomic mass is 10.1. The maximum Gasteiger partial charge on any atom is 0.255 e. The highest BCUT2D eigenvalue weighted by Crippen LogP contribution is 2.23. The zero-order valence-electron chi connectivity index (χ0n) is 15.7. The van der Waals surface area contributed by atoms with Gasteiger partial charge in [-0.2, -0.15) is 4.37 Å². The van der Waals surface area contributed by atoms with Crippen LogP contribution in [0.25, 0.3) is 0 Å². The summed E-state index contributed by atoms with van der Waals surface area (Å²) < 4.78 is 4.51. The number of rotatable bonds is 4. The third-order valence-corrected chi connectivity index (χ3v) is 6.29. The quantitative estimate of drug-likeness (QED) is 0.577. The van der Waals surface area contributed by atoms with E-state index in [1.54, 1.807) is 12.1 Å². The van der Waals surface area contributed by atoms with Gasteiger partial charge in [0, 0.05) is 49.2 Å². The van der Waals surface area contributed by atoms with Crippen molar-refractivity contribution in [2.75, 3.05) is 31.1 Å². The molecule has 5 nitrogen and oxygen atoms in total. The van der Waals surface area contributed by atoms with E-state index in [1.165, 1.54) is 11.5 Å². The van der Waals surface area contributed by atoms with Gasteiger partial charge in [-0.25, -0.2) is 4.98 Å². The summed E-state index contributed by atoms with van der Waals surface area (Å²) in [5, 5.41) is 2.12. The Balaban J connectivity index is 1.40. The molecule has 0 aliphatic carbocycles. The van der Waals surface area contributed by atoms with Crippen LogP contribution in [0.5, 0.6) is 0 Å². The van der Waals surface area contributed by atoms with Crippen LogP contribution in [-0.4, -0.2) is 46.3 Å². The molecule has 0 spiro atoms. The van der Waals surface area contributed by atoms with E-state index < -0.39 is 0 Å². The summed E-state index contributed by atoms with van der Waals surface area (Å²) >= 11 is 13.6. The molecule has 29 heavy (non-hydrogen) atoms. The van der Waals surface area contributed by atoms with Gasteiger partial charge in [0.2, 0.25) is 5.13 Å². The van der Waals surface area contributed by atoms with Crippen molar-refractivity contribution >= 4 is 45.8 Å². The lowest BCUT2D eigenvalue weighted by molar-refractivity contribution is 0.0767. The summed E-state index contributed by atoms with van der Waals surface area (Å²) in [5.74, 6) is 0.790. The molecule has 1 aromatic heterocycles. The van der Waals surface area contributed by atoms with E-state index in [4.69, 9.17) is 28.2 Å². The summed E-state index contributed by atoms with van der Waals surface area (Å²) in [7, 11) is 0. The standard InChI is InChI=1S/C21H20Cl2N4OS/c22-16-8-6-15(7-9-16)14-19-24-21(29-25-19)27-11-3-10-26(12-13-27)20(28)17-4-1-2-5-18(17)23/h1-2,4-9H,3,10-14H2. The van der Waals surface area contributed by atoms with Gasteiger partial charge in [-0.3, -0.25) is 4.79 Å². The van der Waals surface area contributed by atoms with Crippen molar-refractivity contribution in [1.82, 2.24) is 14.3 Å². The normalized spacial score (nSPS) is 14.7. The lowest BCUT2D eigenvalue weighted by Gasteiger charge is -2.22. The molecule has 8 heteroatoms. The van der Waals surface area contributed by atoms with E-state index in [0.717, 1.165) is 41.1 Å². The molecule has 1 saturated heterocycles. The average molecular weight is 447 g/mol. The molecule has 3 aromatic rings. The van der Waals surface area contributed by atoms with Gasteiger partial charge >= 0.3 is 0 Å². The third-order valence-electron chi connectivity index (χ3n) is 4.89. The van der Waals surface area contributed by atoms with Crippen LogP contribution in [-0.2, 0) is 6.42 Å². The van der Waals surface area contributed by atoms with E-state index in [0.29, 0.717) is 30.1 Å². The second-order valence-corrected chi connectivity index (χ2v) is 8.48. The zero-order chi connectivity index (χ0) is 20.2. The van der Waals surface area contributed by atoms with E-state index in [1.807, 2.05) is 41.3 Å². The van der Waals surface area contributed by atoms with E-state index in [-0.39, 0.29) is 5.91 Å². The number of amides is 1. The number of hydrogen-bond acceptors (Lipinski definition) is 5. The van der Waals surface area contributed by atoms with Crippen molar-refractivity contribution < 1.29 is 4.79 Å². The van der Waals surface area contributed by atoms with Crippen LogP contribution >= 0.6 is 34.7 Å². The number of hydrogen-bond donors (Lipinski definition) is 0. The fourth-order valence-corrected chi connectivity index (χ4v) is 4.43. The number of carbonyl (C=O) groups is 1. The average Bonchev–Trinajstić information content (AvgIpc) is 3.04. The highest BCUT2D eigenvalue weighted by molar-refractivity contribution is 7.09. The van der Waals surface area contributed by atoms with Crippen LogP contribution in [0.1, 0.15) is 28.2 Å². The molecule has 4 rings (SSSR count). The van der Waals surface area contributed by atoms with Crippen molar-refractivity contribution in [2.45, 2.75) is 12.8 Å². The van der Waals surface area contributed by atoms with Crippen molar-refractivity contribution in [3.63, 3.8) is 0 Å². The number of carbonyl (C=O) groups excluding carboxylic acids is 1. The molecule has 0 saturated carbocycles. The summed E-state index contributed by atoms with van der Waals surface area (Å²) in [6, 6.07) is 14.9. The Bertz CT molecular complexity index is 992. The molecule has 1 aliphatic heterocycles. The van der Waals surface area contributed by atoms with E-state index in [9.17, 15) is 4.79 Å². The van der Waals surface area contributed by atoms with Gasteiger partial charge in [0.1, 0.15) is 5.82 Å². The second kappa shape index (κ2) is 9.11. The van der Waals surface area contributed by atoms with Gasteiger partial charge in [0.05, 0.1) is 10.6 Å². The molecule has 0 atom stereocenters. The van der Waals surface area contributed by atoms with Crippen molar-refractivity contribution in [2.24, 2.45) is 0 Å². The van der Waals surface area contributed by atoms with Crippen LogP contribution in [0.2, 0.25) is 10.0 Å². The summed E-state index contributed by atoms with van der Waals surface area (Å²) in [6.45, 7) is 2.92. The van der Waals surface area contributed by atoms with Crippen LogP contribution < -0.4 is 4.90 Å². The molecule has 0 radical (unpaired) electrons. The Hall–Kier alpha value is -2.15. The minimum absolute atomic E-state index is 0.0156. The molecule has 1 aliphatic rings. The predicted molar refractivity (Wildman–Crippen MR) is 118 cm³/mol. The van der Waals surface area contributed by atoms with E-state index in [2.05, 4.69) is 9.27 Å². The van der Waals surface area contributed by atoms with Gasteiger partial charge in [-0.1, -0.05) is 47.5 Å². The van der Waals surface area contributed by atoms with E-state index >= 15 is 0 Å². The third kappa shape index (κ3) is 4.89. The Kier molecular flexibility index (Phi) is 6.33. The fraction of sp³-hybridized carbons (Fsp3) is 0.286. The number of benzene rings is 2. The molecule has 0 N–H and O–H groups in total. The Morgan fingerprint density at radius 3 is 2.59 bits per heavy atom. The number of halogens is 2. The molecule has 1 amide bonds. The molecule has 0 bridgehead atoms. The van der Waals surface area contributed by atoms with Gasteiger partial charge in [0.15, 0.2) is 0 Å². The molecule has 2 heterocycles. The van der Waals surface area contributed by atoms with Crippen LogP contribution in [0.15, 0.2) is 48.5 Å². The minimum Gasteiger partial charge on any atom is -0.345 e. The topological polar surface area (TPSA) is 49.3 Å². The Morgan fingerprint density at radius 1 is 1.00 bits per heavy atom. The number of anilines is 1. The largest absolute Gasteiger partial charge is 0.345 e. The first-order valence-electron chi connectivity index (χ1n) is 9.46. The summed E-state index contributed by atoms with van der Waals surface area (Å²) in [5.41, 5.74) is 1.69. The SMILES string of the molecule is O=C(c1ccccc1Cl)N1CCCN(c2nc(Cc3ccc(Cl)cc3)ns2)CC1. The zero-order valence-corrected chi connectivity index (χ0v) is 18.1. The number of nitrogens with zero attached hydrogens (tertiary/aromatic N) is 4. The molecule has 0 unspecified atom stereocenters. The first-order valence-corrected chi connectivity index (χ1v) is 11.0. The Morgan fingerprint density at radius 2 is 1.79 bits per heavy atom. The van der Waals surface area contributed by atoms with Crippen LogP contribution in [0.4, 0.5) is 5.13 Å². The Labute approximate surface area is 184 Å². The summed E-state index contributed by atoms with van der Waals surface area (Å²) in [6.07, 6.45) is 1.56. The predicted octanol–water partition coefficient (Wildman–Crippen LogP) is 4.79. The first kappa shape index (κ1) is 20.1. The van der Waals surface area contributed by atoms with Crippen LogP contribution in [0.3, 0.4) is 0 Å². The fourth-order valence-electron chi connectivity index (χ4n) is 3.35. The molecular formula is C21H20Cl2N4OS. The molecule has 150 valence electrons. The van der Waals surface area contributed by atoms with Gasteiger partial charge < -0.3 is 9.80 Å². The molecule has 1 fully saturated rings. The van der Waals surface area contributed by atoms with Gasteiger partial charge in [0.25, 0.3) is 5.91 Å².